The van der Waals surface area contributed by atoms with Crippen molar-refractivity contribution in [1.82, 2.24) is 15.0 Å². The van der Waals surface area contributed by atoms with Crippen molar-refractivity contribution >= 4 is 10.8 Å². The van der Waals surface area contributed by atoms with Crippen molar-refractivity contribution in [2.45, 2.75) is 51.4 Å². The quantitative estimate of drug-likeness (QED) is 0.195. The molecule has 0 spiro atoms. The van der Waals surface area contributed by atoms with Crippen LogP contribution in [0.25, 0.3) is 56.1 Å². The van der Waals surface area contributed by atoms with Gasteiger partial charge >= 0.3 is 0 Å². The molecule has 2 aliphatic rings. The van der Waals surface area contributed by atoms with Gasteiger partial charge in [-0.2, -0.15) is 5.26 Å². The van der Waals surface area contributed by atoms with Crippen molar-refractivity contribution in [3.05, 3.63) is 126 Å². The average Bonchev–Trinajstić information content (AvgIpc) is 3.10. The summed E-state index contributed by atoms with van der Waals surface area (Å²) in [6.45, 7) is 4.91. The second kappa shape index (κ2) is 11.9. The number of hydrogen-bond acceptors (Lipinski definition) is 4. The standard InChI is InChI=1S/C43H38N4/c1-28-21-30-22-29(2)25-43(24-28,26-30)39-20-19-35(37-15-9-10-16-38(37)39)33-17-18-36(34(23-33)27-44)42-46-40(31-11-5-3-6-12-31)45-41(47-42)32-13-7-4-8-14-32/h3-20,23,28-30H,21-22,24-26H2,1-2H3/t28-,29+,30-,43?. The van der Waals surface area contributed by atoms with E-state index in [-0.39, 0.29) is 5.41 Å². The Kier molecular flexibility index (Phi) is 7.41. The van der Waals surface area contributed by atoms with Gasteiger partial charge in [-0.3, -0.25) is 0 Å². The predicted octanol–water partition coefficient (Wildman–Crippen LogP) is 10.7. The zero-order valence-corrected chi connectivity index (χ0v) is 27.0. The molecule has 2 saturated carbocycles. The highest BCUT2D eigenvalue weighted by molar-refractivity contribution is 5.99. The van der Waals surface area contributed by atoms with Crippen molar-refractivity contribution in [1.29, 1.82) is 5.26 Å². The molecule has 1 aromatic heterocycles. The van der Waals surface area contributed by atoms with Crippen molar-refractivity contribution in [2.75, 3.05) is 0 Å². The summed E-state index contributed by atoms with van der Waals surface area (Å²) < 4.78 is 0. The van der Waals surface area contributed by atoms with Crippen molar-refractivity contribution in [3.63, 3.8) is 0 Å². The SMILES string of the molecule is C[C@@H]1C[C@@H]2C[C@H](C)CC(c3ccc(-c4ccc(-c5nc(-c6ccccc6)nc(-c6ccccc6)n5)c(C#N)c4)c4ccccc34)(C1)C2. The van der Waals surface area contributed by atoms with E-state index < -0.39 is 0 Å². The maximum Gasteiger partial charge on any atom is 0.165 e. The van der Waals surface area contributed by atoms with E-state index in [9.17, 15) is 5.26 Å². The second-order valence-electron chi connectivity index (χ2n) is 14.1. The number of nitrogens with zero attached hydrogens (tertiary/aromatic N) is 4. The summed E-state index contributed by atoms with van der Waals surface area (Å²) in [5.41, 5.74) is 6.99. The molecule has 1 heterocycles. The Bertz CT molecular complexity index is 2050. The lowest BCUT2D eigenvalue weighted by atomic mass is 9.54. The smallest absolute Gasteiger partial charge is 0.165 e. The van der Waals surface area contributed by atoms with Gasteiger partial charge in [0.1, 0.15) is 0 Å². The Morgan fingerprint density at radius 1 is 0.574 bits per heavy atom. The highest BCUT2D eigenvalue weighted by atomic mass is 15.0. The first-order valence-corrected chi connectivity index (χ1v) is 16.9. The third-order valence-electron chi connectivity index (χ3n) is 10.5. The fraction of sp³-hybridized carbons (Fsp3) is 0.256. The lowest BCUT2D eigenvalue weighted by Crippen LogP contribution is -2.42. The lowest BCUT2D eigenvalue weighted by Gasteiger charge is -2.51. The zero-order chi connectivity index (χ0) is 32.0. The van der Waals surface area contributed by atoms with Crippen LogP contribution in [0.2, 0.25) is 0 Å². The summed E-state index contributed by atoms with van der Waals surface area (Å²) in [7, 11) is 0. The molecule has 2 bridgehead atoms. The van der Waals surface area contributed by atoms with E-state index in [0.29, 0.717) is 28.6 Å². The van der Waals surface area contributed by atoms with Crippen molar-refractivity contribution < 1.29 is 0 Å². The molecular formula is C43H38N4. The molecule has 0 saturated heterocycles. The summed E-state index contributed by atoms with van der Waals surface area (Å²) in [6, 6.07) is 42.1. The van der Waals surface area contributed by atoms with Crippen molar-refractivity contribution in [3.8, 4) is 51.4 Å². The minimum atomic E-state index is 0.241. The van der Waals surface area contributed by atoms with Gasteiger partial charge < -0.3 is 0 Å². The van der Waals surface area contributed by atoms with E-state index >= 15 is 0 Å². The number of hydrogen-bond donors (Lipinski definition) is 0. The number of rotatable bonds is 5. The van der Waals surface area contributed by atoms with Crippen LogP contribution in [0.15, 0.2) is 115 Å². The fourth-order valence-corrected chi connectivity index (χ4v) is 8.98. The minimum Gasteiger partial charge on any atom is -0.208 e. The summed E-state index contributed by atoms with van der Waals surface area (Å²) >= 11 is 0. The molecule has 4 nitrogen and oxygen atoms in total. The first-order chi connectivity index (χ1) is 23.0. The number of benzene rings is 5. The van der Waals surface area contributed by atoms with Gasteiger partial charge in [-0.15, -0.1) is 0 Å². The molecule has 0 radical (unpaired) electrons. The number of nitriles is 1. The molecule has 8 rings (SSSR count). The highest BCUT2D eigenvalue weighted by Crippen LogP contribution is 2.55. The van der Waals surface area contributed by atoms with Crippen LogP contribution in [0.3, 0.4) is 0 Å². The normalized spacial score (nSPS) is 22.1. The van der Waals surface area contributed by atoms with Gasteiger partial charge in [0.05, 0.1) is 11.6 Å². The van der Waals surface area contributed by atoms with Crippen LogP contribution in [0.5, 0.6) is 0 Å². The molecule has 4 atom stereocenters. The third kappa shape index (κ3) is 5.40. The Balaban J connectivity index is 1.24. The van der Waals surface area contributed by atoms with Crippen LogP contribution in [0, 0.1) is 29.1 Å². The van der Waals surface area contributed by atoms with Crippen LogP contribution in [0.1, 0.15) is 57.1 Å². The number of aromatic nitrogens is 3. The third-order valence-corrected chi connectivity index (χ3v) is 10.5. The van der Waals surface area contributed by atoms with E-state index in [1.165, 1.54) is 48.4 Å². The van der Waals surface area contributed by atoms with Crippen LogP contribution >= 0.6 is 0 Å². The molecule has 47 heavy (non-hydrogen) atoms. The maximum absolute atomic E-state index is 10.5. The first kappa shape index (κ1) is 29.3. The molecule has 1 unspecified atom stereocenters. The molecule has 230 valence electrons. The van der Waals surface area contributed by atoms with Gasteiger partial charge in [0.2, 0.25) is 0 Å². The second-order valence-corrected chi connectivity index (χ2v) is 14.1. The van der Waals surface area contributed by atoms with Gasteiger partial charge in [-0.25, -0.2) is 15.0 Å². The molecular weight excluding hydrogens is 573 g/mol. The Hall–Kier alpha value is -5.14. The summed E-state index contributed by atoms with van der Waals surface area (Å²) in [4.78, 5) is 14.6. The number of fused-ring (bicyclic) bond motifs is 3. The highest BCUT2D eigenvalue weighted by Gasteiger charge is 2.45. The molecule has 2 aliphatic carbocycles. The summed E-state index contributed by atoms with van der Waals surface area (Å²) in [5.74, 6) is 4.00. The molecule has 0 amide bonds. The monoisotopic (exact) mass is 610 g/mol. The van der Waals surface area contributed by atoms with E-state index in [0.717, 1.165) is 40.0 Å². The van der Waals surface area contributed by atoms with Crippen LogP contribution in [0.4, 0.5) is 0 Å². The Labute approximate surface area is 277 Å². The Morgan fingerprint density at radius 2 is 1.13 bits per heavy atom. The topological polar surface area (TPSA) is 62.5 Å². The minimum absolute atomic E-state index is 0.241. The molecule has 6 aromatic rings. The van der Waals surface area contributed by atoms with E-state index in [2.05, 4.69) is 62.4 Å². The predicted molar refractivity (Wildman–Crippen MR) is 190 cm³/mol. The van der Waals surface area contributed by atoms with Crippen LogP contribution < -0.4 is 0 Å². The lowest BCUT2D eigenvalue weighted by molar-refractivity contribution is 0.0790. The molecule has 0 aliphatic heterocycles. The van der Waals surface area contributed by atoms with Gasteiger partial charge in [-0.05, 0) is 94.9 Å². The Morgan fingerprint density at radius 3 is 1.74 bits per heavy atom. The van der Waals surface area contributed by atoms with E-state index in [4.69, 9.17) is 15.0 Å². The fourth-order valence-electron chi connectivity index (χ4n) is 8.98. The van der Waals surface area contributed by atoms with Gasteiger partial charge in [0, 0.05) is 16.7 Å². The molecule has 0 N–H and O–H groups in total. The molecule has 4 heteroatoms. The van der Waals surface area contributed by atoms with E-state index in [1.54, 1.807) is 0 Å². The summed E-state index contributed by atoms with van der Waals surface area (Å²) in [5, 5.41) is 13.1. The van der Waals surface area contributed by atoms with Gasteiger partial charge in [0.25, 0.3) is 0 Å². The van der Waals surface area contributed by atoms with Crippen molar-refractivity contribution in [2.24, 2.45) is 17.8 Å². The largest absolute Gasteiger partial charge is 0.208 e. The molecule has 2 fully saturated rings. The summed E-state index contributed by atoms with van der Waals surface area (Å²) in [6.07, 6.45) is 6.58. The average molecular weight is 611 g/mol. The first-order valence-electron chi connectivity index (χ1n) is 16.9. The van der Waals surface area contributed by atoms with Gasteiger partial charge in [-0.1, -0.05) is 117 Å². The zero-order valence-electron chi connectivity index (χ0n) is 27.0. The van der Waals surface area contributed by atoms with Gasteiger partial charge in [0.15, 0.2) is 17.5 Å². The van der Waals surface area contributed by atoms with E-state index in [1.807, 2.05) is 72.8 Å². The molecule has 5 aromatic carbocycles. The van der Waals surface area contributed by atoms with Crippen LogP contribution in [-0.4, -0.2) is 15.0 Å². The maximum atomic E-state index is 10.5. The van der Waals surface area contributed by atoms with Crippen LogP contribution in [-0.2, 0) is 5.41 Å².